The summed E-state index contributed by atoms with van der Waals surface area (Å²) in [5, 5.41) is 2.64. The van der Waals surface area contributed by atoms with Crippen molar-refractivity contribution in [1.29, 1.82) is 0 Å². The zero-order valence-corrected chi connectivity index (χ0v) is 16.6. The highest BCUT2D eigenvalue weighted by Crippen LogP contribution is 2.32. The zero-order chi connectivity index (χ0) is 21.0. The number of anilines is 1. The molecule has 0 saturated heterocycles. The molecule has 1 amide bonds. The number of nitrogens with zero attached hydrogens (tertiary/aromatic N) is 2. The number of carbonyl (C=O) groups excluding carboxylic acids is 1. The molecule has 0 radical (unpaired) electrons. The minimum atomic E-state index is -4.61. The fraction of sp³-hybridized carbons (Fsp3) is 0.190. The third kappa shape index (κ3) is 5.57. The molecular weight excluding hydrogens is 399 g/mol. The maximum absolute atomic E-state index is 13.3. The van der Waals surface area contributed by atoms with Crippen LogP contribution in [0, 0.1) is 13.8 Å². The lowest BCUT2D eigenvalue weighted by Gasteiger charge is -2.11. The molecule has 1 N–H and O–H groups in total. The van der Waals surface area contributed by atoms with Gasteiger partial charge in [0.15, 0.2) is 5.16 Å². The Hall–Kier alpha value is -2.87. The smallest absolute Gasteiger partial charge is 0.325 e. The normalized spacial score (nSPS) is 11.3. The van der Waals surface area contributed by atoms with E-state index < -0.39 is 11.9 Å². The van der Waals surface area contributed by atoms with Crippen molar-refractivity contribution in [3.05, 3.63) is 71.4 Å². The molecule has 29 heavy (non-hydrogen) atoms. The van der Waals surface area contributed by atoms with E-state index >= 15 is 0 Å². The van der Waals surface area contributed by atoms with Gasteiger partial charge in [0.2, 0.25) is 5.91 Å². The Morgan fingerprint density at radius 2 is 1.72 bits per heavy atom. The van der Waals surface area contributed by atoms with Gasteiger partial charge in [-0.15, -0.1) is 0 Å². The van der Waals surface area contributed by atoms with E-state index in [9.17, 15) is 18.0 Å². The van der Waals surface area contributed by atoms with E-state index in [1.54, 1.807) is 36.4 Å². The van der Waals surface area contributed by atoms with Crippen LogP contribution in [0.25, 0.3) is 11.3 Å². The number of aromatic nitrogens is 2. The number of para-hydroxylation sites is 1. The van der Waals surface area contributed by atoms with Crippen molar-refractivity contribution in [2.24, 2.45) is 0 Å². The van der Waals surface area contributed by atoms with Gasteiger partial charge in [0.1, 0.15) is 5.69 Å². The van der Waals surface area contributed by atoms with Gasteiger partial charge in [-0.1, -0.05) is 59.8 Å². The molecule has 4 nitrogen and oxygen atoms in total. The Balaban J connectivity index is 1.80. The van der Waals surface area contributed by atoms with Gasteiger partial charge in [0.05, 0.1) is 11.4 Å². The fourth-order valence-electron chi connectivity index (χ4n) is 2.54. The highest BCUT2D eigenvalue weighted by atomic mass is 32.2. The molecule has 0 saturated carbocycles. The summed E-state index contributed by atoms with van der Waals surface area (Å²) in [6, 6.07) is 15.2. The van der Waals surface area contributed by atoms with Crippen LogP contribution < -0.4 is 5.32 Å². The summed E-state index contributed by atoms with van der Waals surface area (Å²) in [4.78, 5) is 20.0. The van der Waals surface area contributed by atoms with Crippen molar-refractivity contribution in [3.63, 3.8) is 0 Å². The van der Waals surface area contributed by atoms with Gasteiger partial charge in [-0.3, -0.25) is 4.79 Å². The fourth-order valence-corrected chi connectivity index (χ4v) is 3.19. The number of hydrogen-bond acceptors (Lipinski definition) is 4. The number of aryl methyl sites for hydroxylation is 2. The lowest BCUT2D eigenvalue weighted by molar-refractivity contribution is -0.141. The van der Waals surface area contributed by atoms with Crippen molar-refractivity contribution < 1.29 is 18.0 Å². The van der Waals surface area contributed by atoms with Crippen LogP contribution in [0.1, 0.15) is 16.8 Å². The van der Waals surface area contributed by atoms with Crippen molar-refractivity contribution >= 4 is 23.4 Å². The van der Waals surface area contributed by atoms with Crippen molar-refractivity contribution in [3.8, 4) is 11.3 Å². The molecule has 0 unspecified atom stereocenters. The van der Waals surface area contributed by atoms with E-state index in [1.165, 1.54) is 0 Å². The Bertz CT molecular complexity index is 1020. The Morgan fingerprint density at radius 1 is 1.03 bits per heavy atom. The second-order valence-corrected chi connectivity index (χ2v) is 7.38. The molecule has 0 aliphatic heterocycles. The summed E-state index contributed by atoms with van der Waals surface area (Å²) in [5.74, 6) is -0.453. The van der Waals surface area contributed by atoms with E-state index in [0.29, 0.717) is 11.3 Å². The van der Waals surface area contributed by atoms with Crippen LogP contribution >= 0.6 is 11.8 Å². The molecule has 2 aromatic carbocycles. The van der Waals surface area contributed by atoms with Crippen molar-refractivity contribution in [2.75, 3.05) is 11.1 Å². The summed E-state index contributed by atoms with van der Waals surface area (Å²) in [7, 11) is 0. The highest BCUT2D eigenvalue weighted by molar-refractivity contribution is 7.99. The van der Waals surface area contributed by atoms with E-state index in [0.717, 1.165) is 29.0 Å². The molecule has 150 valence electrons. The molecular formula is C21H18F3N3OS. The number of halogens is 3. The second-order valence-electron chi connectivity index (χ2n) is 6.44. The summed E-state index contributed by atoms with van der Waals surface area (Å²) in [5.41, 5.74) is 2.21. The lowest BCUT2D eigenvalue weighted by Crippen LogP contribution is -2.15. The van der Waals surface area contributed by atoms with Gasteiger partial charge in [0, 0.05) is 11.3 Å². The van der Waals surface area contributed by atoms with Crippen LogP contribution in [0.5, 0.6) is 0 Å². The number of thioether (sulfide) groups is 1. The number of alkyl halides is 3. The number of hydrogen-bond donors (Lipinski definition) is 1. The molecule has 0 fully saturated rings. The molecule has 1 aromatic heterocycles. The summed E-state index contributed by atoms with van der Waals surface area (Å²) in [6.07, 6.45) is -4.61. The molecule has 0 atom stereocenters. The average Bonchev–Trinajstić information content (AvgIpc) is 2.68. The largest absolute Gasteiger partial charge is 0.433 e. The van der Waals surface area contributed by atoms with E-state index in [-0.39, 0.29) is 22.5 Å². The first kappa shape index (κ1) is 20.9. The average molecular weight is 417 g/mol. The van der Waals surface area contributed by atoms with Gasteiger partial charge in [0.25, 0.3) is 0 Å². The Labute approximate surface area is 170 Å². The first-order valence-electron chi connectivity index (χ1n) is 8.74. The quantitative estimate of drug-likeness (QED) is 0.439. The molecule has 0 aliphatic carbocycles. The molecule has 0 bridgehead atoms. The minimum Gasteiger partial charge on any atom is -0.325 e. The standard InChI is InChI=1S/C21H18F3N3OS/c1-13-7-9-15(10-8-13)17-11-18(21(22,23)24)27-20(26-17)29-12-19(28)25-16-6-4-3-5-14(16)2/h3-11H,12H2,1-2H3,(H,25,28). The van der Waals surface area contributed by atoms with Gasteiger partial charge in [-0.2, -0.15) is 13.2 Å². The zero-order valence-electron chi connectivity index (χ0n) is 15.7. The van der Waals surface area contributed by atoms with E-state index in [2.05, 4.69) is 15.3 Å². The van der Waals surface area contributed by atoms with Gasteiger partial charge in [-0.05, 0) is 31.5 Å². The van der Waals surface area contributed by atoms with Crippen LogP contribution in [0.15, 0.2) is 59.8 Å². The number of benzene rings is 2. The first-order valence-corrected chi connectivity index (χ1v) is 9.72. The predicted octanol–water partition coefficient (Wildman–Crippen LogP) is 5.51. The number of carbonyl (C=O) groups is 1. The van der Waals surface area contributed by atoms with Crippen LogP contribution in [0.4, 0.5) is 18.9 Å². The maximum Gasteiger partial charge on any atom is 0.433 e. The molecule has 8 heteroatoms. The number of nitrogens with one attached hydrogen (secondary N) is 1. The Kier molecular flexibility index (Phi) is 6.22. The number of rotatable bonds is 5. The summed E-state index contributed by atoms with van der Waals surface area (Å²) < 4.78 is 39.8. The summed E-state index contributed by atoms with van der Waals surface area (Å²) >= 11 is 0.862. The van der Waals surface area contributed by atoms with Gasteiger partial charge < -0.3 is 5.32 Å². The first-order chi connectivity index (χ1) is 13.7. The third-order valence-electron chi connectivity index (χ3n) is 4.09. The van der Waals surface area contributed by atoms with E-state index in [4.69, 9.17) is 0 Å². The highest BCUT2D eigenvalue weighted by Gasteiger charge is 2.34. The van der Waals surface area contributed by atoms with Gasteiger partial charge >= 0.3 is 6.18 Å². The lowest BCUT2D eigenvalue weighted by atomic mass is 10.1. The van der Waals surface area contributed by atoms with Crippen molar-refractivity contribution in [2.45, 2.75) is 25.2 Å². The third-order valence-corrected chi connectivity index (χ3v) is 4.94. The maximum atomic E-state index is 13.3. The Morgan fingerprint density at radius 3 is 2.38 bits per heavy atom. The van der Waals surface area contributed by atoms with Crippen LogP contribution in [0.3, 0.4) is 0 Å². The van der Waals surface area contributed by atoms with Crippen LogP contribution in [0.2, 0.25) is 0 Å². The molecule has 1 heterocycles. The topological polar surface area (TPSA) is 54.9 Å². The predicted molar refractivity (Wildman–Crippen MR) is 108 cm³/mol. The van der Waals surface area contributed by atoms with Crippen molar-refractivity contribution in [1.82, 2.24) is 9.97 Å². The number of amides is 1. The summed E-state index contributed by atoms with van der Waals surface area (Å²) in [6.45, 7) is 3.74. The van der Waals surface area contributed by atoms with Gasteiger partial charge in [-0.25, -0.2) is 9.97 Å². The van der Waals surface area contributed by atoms with Crippen LogP contribution in [-0.2, 0) is 11.0 Å². The molecule has 0 aliphatic rings. The van der Waals surface area contributed by atoms with E-state index in [1.807, 2.05) is 26.0 Å². The molecule has 3 rings (SSSR count). The minimum absolute atomic E-state index is 0.102. The second kappa shape index (κ2) is 8.65. The molecule has 0 spiro atoms. The molecule has 3 aromatic rings. The SMILES string of the molecule is Cc1ccc(-c2cc(C(F)(F)F)nc(SCC(=O)Nc3ccccc3C)n2)cc1. The monoisotopic (exact) mass is 417 g/mol. The van der Waals surface area contributed by atoms with Crippen LogP contribution in [-0.4, -0.2) is 21.6 Å².